The first kappa shape index (κ1) is 15.6. The number of nitrogens with one attached hydrogen (secondary N) is 1. The SMILES string of the molecule is Cc1ccc(C)c(-c2csc(-c3cccc(NC(N)=S)c3)n2)c1. The second-order valence-electron chi connectivity index (χ2n) is 5.43. The van der Waals surface area contributed by atoms with Crippen LogP contribution in [0, 0.1) is 13.8 Å². The maximum Gasteiger partial charge on any atom is 0.168 e. The fraction of sp³-hybridized carbons (Fsp3) is 0.111. The van der Waals surface area contributed by atoms with Crippen LogP contribution in [0.1, 0.15) is 11.1 Å². The zero-order valence-electron chi connectivity index (χ0n) is 13.0. The molecule has 1 heterocycles. The largest absolute Gasteiger partial charge is 0.376 e. The summed E-state index contributed by atoms with van der Waals surface area (Å²) < 4.78 is 0. The van der Waals surface area contributed by atoms with Crippen molar-refractivity contribution in [1.29, 1.82) is 0 Å². The van der Waals surface area contributed by atoms with E-state index in [-0.39, 0.29) is 5.11 Å². The minimum Gasteiger partial charge on any atom is -0.376 e. The van der Waals surface area contributed by atoms with Crippen molar-refractivity contribution in [2.24, 2.45) is 5.73 Å². The van der Waals surface area contributed by atoms with Crippen molar-refractivity contribution < 1.29 is 0 Å². The van der Waals surface area contributed by atoms with Gasteiger partial charge in [0, 0.05) is 22.2 Å². The van der Waals surface area contributed by atoms with Crippen molar-refractivity contribution in [3.63, 3.8) is 0 Å². The van der Waals surface area contributed by atoms with Gasteiger partial charge in [-0.1, -0.05) is 29.8 Å². The number of thiocarbonyl (C=S) groups is 1. The third kappa shape index (κ3) is 3.57. The zero-order valence-corrected chi connectivity index (χ0v) is 14.6. The van der Waals surface area contributed by atoms with E-state index in [1.54, 1.807) is 11.3 Å². The third-order valence-corrected chi connectivity index (χ3v) is 4.54. The van der Waals surface area contributed by atoms with Gasteiger partial charge in [-0.2, -0.15) is 0 Å². The van der Waals surface area contributed by atoms with E-state index in [0.29, 0.717) is 0 Å². The number of anilines is 1. The summed E-state index contributed by atoms with van der Waals surface area (Å²) in [5.41, 5.74) is 12.1. The smallest absolute Gasteiger partial charge is 0.168 e. The van der Waals surface area contributed by atoms with Crippen LogP contribution in [0.15, 0.2) is 47.8 Å². The van der Waals surface area contributed by atoms with Crippen molar-refractivity contribution >= 4 is 34.4 Å². The van der Waals surface area contributed by atoms with Crippen LogP contribution in [0.25, 0.3) is 21.8 Å². The lowest BCUT2D eigenvalue weighted by molar-refractivity contribution is 1.34. The summed E-state index contributed by atoms with van der Waals surface area (Å²) in [5.74, 6) is 0. The van der Waals surface area contributed by atoms with E-state index in [4.69, 9.17) is 22.9 Å². The highest BCUT2D eigenvalue weighted by atomic mass is 32.1. The Morgan fingerprint density at radius 2 is 2.00 bits per heavy atom. The summed E-state index contributed by atoms with van der Waals surface area (Å²) in [4.78, 5) is 4.80. The predicted octanol–water partition coefficient (Wildman–Crippen LogP) is 4.75. The molecule has 116 valence electrons. The molecule has 0 fully saturated rings. The number of thiazole rings is 1. The summed E-state index contributed by atoms with van der Waals surface area (Å²) >= 11 is 6.52. The first-order valence-corrected chi connectivity index (χ1v) is 8.52. The van der Waals surface area contributed by atoms with Crippen molar-refractivity contribution in [3.8, 4) is 21.8 Å². The lowest BCUT2D eigenvalue weighted by Gasteiger charge is -2.05. The highest BCUT2D eigenvalue weighted by Gasteiger charge is 2.09. The number of nitrogens with two attached hydrogens (primary N) is 1. The molecule has 0 aliphatic heterocycles. The zero-order chi connectivity index (χ0) is 16.4. The molecule has 3 N–H and O–H groups in total. The Labute approximate surface area is 145 Å². The van der Waals surface area contributed by atoms with Crippen LogP contribution in [0.5, 0.6) is 0 Å². The van der Waals surface area contributed by atoms with Crippen molar-refractivity contribution in [2.75, 3.05) is 5.32 Å². The molecule has 0 spiro atoms. The van der Waals surface area contributed by atoms with Gasteiger partial charge in [0.1, 0.15) is 5.01 Å². The van der Waals surface area contributed by atoms with Crippen LogP contribution >= 0.6 is 23.6 Å². The molecule has 3 rings (SSSR count). The van der Waals surface area contributed by atoms with E-state index in [0.717, 1.165) is 22.0 Å². The molecular formula is C18H17N3S2. The molecule has 0 saturated carbocycles. The second-order valence-corrected chi connectivity index (χ2v) is 6.72. The summed E-state index contributed by atoms with van der Waals surface area (Å²) in [5, 5.41) is 6.30. The molecular weight excluding hydrogens is 322 g/mol. The monoisotopic (exact) mass is 339 g/mol. The highest BCUT2D eigenvalue weighted by Crippen LogP contribution is 2.31. The molecule has 3 aromatic rings. The molecule has 0 unspecified atom stereocenters. The fourth-order valence-corrected chi connectivity index (χ4v) is 3.35. The van der Waals surface area contributed by atoms with Gasteiger partial charge in [0.25, 0.3) is 0 Å². The lowest BCUT2D eigenvalue weighted by atomic mass is 10.0. The number of aryl methyl sites for hydroxylation is 2. The van der Waals surface area contributed by atoms with Gasteiger partial charge in [0.15, 0.2) is 5.11 Å². The van der Waals surface area contributed by atoms with Crippen molar-refractivity contribution in [1.82, 2.24) is 4.98 Å². The normalized spacial score (nSPS) is 10.5. The van der Waals surface area contributed by atoms with Gasteiger partial charge >= 0.3 is 0 Å². The van der Waals surface area contributed by atoms with Crippen LogP contribution < -0.4 is 11.1 Å². The van der Waals surface area contributed by atoms with Crippen molar-refractivity contribution in [3.05, 3.63) is 59.0 Å². The van der Waals surface area contributed by atoms with Crippen LogP contribution in [0.3, 0.4) is 0 Å². The number of aromatic nitrogens is 1. The number of hydrogen-bond acceptors (Lipinski definition) is 3. The molecule has 3 nitrogen and oxygen atoms in total. The van der Waals surface area contributed by atoms with E-state index in [2.05, 4.69) is 42.7 Å². The van der Waals surface area contributed by atoms with Gasteiger partial charge in [-0.15, -0.1) is 11.3 Å². The molecule has 1 aromatic heterocycles. The maximum atomic E-state index is 5.53. The van der Waals surface area contributed by atoms with Gasteiger partial charge in [-0.3, -0.25) is 0 Å². The van der Waals surface area contributed by atoms with Gasteiger partial charge in [0.05, 0.1) is 5.69 Å². The van der Waals surface area contributed by atoms with Crippen molar-refractivity contribution in [2.45, 2.75) is 13.8 Å². The molecule has 0 saturated heterocycles. The Balaban J connectivity index is 1.96. The standard InChI is InChI=1S/C18H17N3S2/c1-11-6-7-12(2)15(8-11)16-10-23-17(21-16)13-4-3-5-14(9-13)20-18(19)22/h3-10H,1-2H3,(H3,19,20,22). The molecule has 23 heavy (non-hydrogen) atoms. The molecule has 0 aliphatic rings. The molecule has 0 atom stereocenters. The average Bonchev–Trinajstić information content (AvgIpc) is 2.99. The minimum absolute atomic E-state index is 0.261. The fourth-order valence-electron chi connectivity index (χ4n) is 2.41. The molecule has 2 aromatic carbocycles. The predicted molar refractivity (Wildman–Crippen MR) is 103 cm³/mol. The molecule has 0 amide bonds. The topological polar surface area (TPSA) is 50.9 Å². The highest BCUT2D eigenvalue weighted by molar-refractivity contribution is 7.80. The number of nitrogens with zero attached hydrogens (tertiary/aromatic N) is 1. The summed E-state index contributed by atoms with van der Waals surface area (Å²) in [7, 11) is 0. The van der Waals surface area contributed by atoms with Crippen LogP contribution in [-0.4, -0.2) is 10.1 Å². The van der Waals surface area contributed by atoms with E-state index in [1.807, 2.05) is 24.3 Å². The molecule has 0 bridgehead atoms. The summed E-state index contributed by atoms with van der Waals surface area (Å²) in [6.45, 7) is 4.21. The molecule has 0 aliphatic carbocycles. The molecule has 0 radical (unpaired) electrons. The second kappa shape index (κ2) is 6.48. The maximum absolute atomic E-state index is 5.53. The minimum atomic E-state index is 0.261. The van der Waals surface area contributed by atoms with E-state index < -0.39 is 0 Å². The van der Waals surface area contributed by atoms with E-state index >= 15 is 0 Å². The average molecular weight is 339 g/mol. The molecule has 5 heteroatoms. The first-order chi connectivity index (χ1) is 11.0. The van der Waals surface area contributed by atoms with Crippen LogP contribution in [0.4, 0.5) is 5.69 Å². The van der Waals surface area contributed by atoms with Gasteiger partial charge in [-0.25, -0.2) is 4.98 Å². The van der Waals surface area contributed by atoms with E-state index in [1.165, 1.54) is 16.7 Å². The summed E-state index contributed by atoms with van der Waals surface area (Å²) in [6.07, 6.45) is 0. The Hall–Kier alpha value is -2.24. The lowest BCUT2D eigenvalue weighted by Crippen LogP contribution is -2.18. The Kier molecular flexibility index (Phi) is 4.41. The Morgan fingerprint density at radius 1 is 1.17 bits per heavy atom. The van der Waals surface area contributed by atoms with Crippen LogP contribution in [0.2, 0.25) is 0 Å². The third-order valence-electron chi connectivity index (χ3n) is 3.55. The number of rotatable bonds is 3. The van der Waals surface area contributed by atoms with Gasteiger partial charge in [-0.05, 0) is 49.8 Å². The van der Waals surface area contributed by atoms with E-state index in [9.17, 15) is 0 Å². The Bertz CT molecular complexity index is 868. The summed E-state index contributed by atoms with van der Waals surface area (Å²) in [6, 6.07) is 14.4. The number of hydrogen-bond donors (Lipinski definition) is 2. The number of benzene rings is 2. The van der Waals surface area contributed by atoms with Gasteiger partial charge in [0.2, 0.25) is 0 Å². The first-order valence-electron chi connectivity index (χ1n) is 7.23. The van der Waals surface area contributed by atoms with Crippen LogP contribution in [-0.2, 0) is 0 Å². The quantitative estimate of drug-likeness (QED) is 0.676. The Morgan fingerprint density at radius 3 is 2.78 bits per heavy atom. The van der Waals surface area contributed by atoms with Gasteiger partial charge < -0.3 is 11.1 Å².